The van der Waals surface area contributed by atoms with Crippen molar-refractivity contribution >= 4 is 43.6 Å². The van der Waals surface area contributed by atoms with Gasteiger partial charge in [-0.05, 0) is 162 Å². The lowest BCUT2D eigenvalue weighted by atomic mass is 9.67. The number of para-hydroxylation sites is 2. The normalized spacial score (nSPS) is 12.5. The monoisotopic (exact) mass is 1030 g/mol. The van der Waals surface area contributed by atoms with Gasteiger partial charge in [0.15, 0.2) is 0 Å². The first-order chi connectivity index (χ1) is 40.2. The molecule has 0 saturated heterocycles. The molecular weight excluding hydrogens is 977 g/mol. The summed E-state index contributed by atoms with van der Waals surface area (Å²) in [5, 5.41) is 4.97. The van der Waals surface area contributed by atoms with E-state index in [4.69, 9.17) is 0 Å². The molecule has 0 saturated carbocycles. The second kappa shape index (κ2) is 18.8. The summed E-state index contributed by atoms with van der Waals surface area (Å²) >= 11 is 0. The van der Waals surface area contributed by atoms with Crippen LogP contribution >= 0.6 is 0 Å². The number of fused-ring (bicyclic) bond motifs is 9. The van der Waals surface area contributed by atoms with E-state index in [0.29, 0.717) is 0 Å². The van der Waals surface area contributed by atoms with Gasteiger partial charge >= 0.3 is 0 Å². The maximum Gasteiger partial charge on any atom is 0.0713 e. The Labute approximate surface area is 471 Å². The predicted molar refractivity (Wildman–Crippen MR) is 340 cm³/mol. The molecule has 16 rings (SSSR count). The van der Waals surface area contributed by atoms with Crippen molar-refractivity contribution in [1.82, 2.24) is 9.13 Å². The zero-order valence-corrected chi connectivity index (χ0v) is 44.4. The van der Waals surface area contributed by atoms with E-state index in [1.165, 1.54) is 133 Å². The minimum atomic E-state index is -0.509. The smallest absolute Gasteiger partial charge is 0.0713 e. The molecule has 0 bridgehead atoms. The third kappa shape index (κ3) is 7.49. The van der Waals surface area contributed by atoms with E-state index in [0.717, 1.165) is 11.4 Å². The Hall–Kier alpha value is -10.5. The van der Waals surface area contributed by atoms with Gasteiger partial charge in [0.2, 0.25) is 0 Å². The van der Waals surface area contributed by atoms with E-state index < -0.39 is 5.41 Å². The van der Waals surface area contributed by atoms with E-state index in [1.807, 2.05) is 0 Å². The van der Waals surface area contributed by atoms with Gasteiger partial charge in [-0.25, -0.2) is 0 Å². The van der Waals surface area contributed by atoms with Crippen LogP contribution in [0.2, 0.25) is 0 Å². The van der Waals surface area contributed by atoms with Gasteiger partial charge in [-0.2, -0.15) is 0 Å². The standard InChI is InChI=1S/C79H52N2/c1-3-17-53(18-4-1)56-37-43-65(44-38-56)80-75-31-13-9-27-69(75)71-51-61(41-47-77(71)80)62-42-48-78-72(52-62)70-28-10-14-32-76(70)81(78)66-45-39-57(40-46-66)55-33-35-58(36-34-55)60-22-16-24-64(50-60)79(63-23-15-21-59(49-63)54-19-5-2-6-20-54)73-29-11-7-25-67(73)68-26-8-12-30-74(68)79/h1-52H. The largest absolute Gasteiger partial charge is 0.309 e. The minimum Gasteiger partial charge on any atom is -0.309 e. The molecule has 0 radical (unpaired) electrons. The predicted octanol–water partition coefficient (Wildman–Crippen LogP) is 20.6. The minimum absolute atomic E-state index is 0.509. The second-order valence-corrected chi connectivity index (χ2v) is 21.6. The van der Waals surface area contributed by atoms with Crippen molar-refractivity contribution in [2.24, 2.45) is 0 Å². The molecule has 1 aliphatic carbocycles. The van der Waals surface area contributed by atoms with Gasteiger partial charge in [0.05, 0.1) is 27.5 Å². The maximum atomic E-state index is 2.43. The molecule has 0 spiro atoms. The van der Waals surface area contributed by atoms with Gasteiger partial charge in [-0.15, -0.1) is 0 Å². The van der Waals surface area contributed by atoms with Crippen LogP contribution in [0.5, 0.6) is 0 Å². The second-order valence-electron chi connectivity index (χ2n) is 21.6. The van der Waals surface area contributed by atoms with E-state index in [-0.39, 0.29) is 0 Å². The van der Waals surface area contributed by atoms with Crippen molar-refractivity contribution in [2.75, 3.05) is 0 Å². The van der Waals surface area contributed by atoms with Gasteiger partial charge in [0.25, 0.3) is 0 Å². The van der Waals surface area contributed by atoms with E-state index in [2.05, 4.69) is 325 Å². The zero-order chi connectivity index (χ0) is 53.4. The van der Waals surface area contributed by atoms with Crippen molar-refractivity contribution < 1.29 is 0 Å². The summed E-state index contributed by atoms with van der Waals surface area (Å²) in [5.41, 5.74) is 26.3. The van der Waals surface area contributed by atoms with E-state index in [9.17, 15) is 0 Å². The van der Waals surface area contributed by atoms with E-state index >= 15 is 0 Å². The van der Waals surface area contributed by atoms with Crippen LogP contribution in [0.4, 0.5) is 0 Å². The summed E-state index contributed by atoms with van der Waals surface area (Å²) in [6.45, 7) is 0. The van der Waals surface area contributed by atoms with E-state index in [1.54, 1.807) is 0 Å². The van der Waals surface area contributed by atoms with Gasteiger partial charge < -0.3 is 9.13 Å². The fraction of sp³-hybridized carbons (Fsp3) is 0.0127. The average molecular weight is 1030 g/mol. The van der Waals surface area contributed by atoms with Gasteiger partial charge in [0.1, 0.15) is 0 Å². The van der Waals surface area contributed by atoms with Crippen LogP contribution in [-0.4, -0.2) is 9.13 Å². The molecule has 0 N–H and O–H groups in total. The summed E-state index contributed by atoms with van der Waals surface area (Å²) in [4.78, 5) is 0. The molecule has 2 nitrogen and oxygen atoms in total. The Kier molecular flexibility index (Phi) is 10.8. The molecule has 0 amide bonds. The summed E-state index contributed by atoms with van der Waals surface area (Å²) in [7, 11) is 0. The third-order valence-electron chi connectivity index (χ3n) is 17.2. The number of rotatable bonds is 9. The Bertz CT molecular complexity index is 4840. The molecule has 15 aromatic rings. The molecule has 0 aliphatic heterocycles. The molecule has 13 aromatic carbocycles. The van der Waals surface area contributed by atoms with Crippen LogP contribution in [-0.2, 0) is 5.41 Å². The highest BCUT2D eigenvalue weighted by atomic mass is 15.0. The fourth-order valence-corrected chi connectivity index (χ4v) is 13.5. The van der Waals surface area contributed by atoms with Crippen LogP contribution in [0.25, 0.3) is 122 Å². The topological polar surface area (TPSA) is 9.86 Å². The van der Waals surface area contributed by atoms with Gasteiger partial charge in [0, 0.05) is 32.9 Å². The molecule has 2 aromatic heterocycles. The zero-order valence-electron chi connectivity index (χ0n) is 44.4. The molecule has 0 atom stereocenters. The first-order valence-corrected chi connectivity index (χ1v) is 28.1. The van der Waals surface area contributed by atoms with Gasteiger partial charge in [-0.3, -0.25) is 0 Å². The summed E-state index contributed by atoms with van der Waals surface area (Å²) in [5.74, 6) is 0. The van der Waals surface area contributed by atoms with Crippen molar-refractivity contribution in [3.05, 3.63) is 338 Å². The lowest BCUT2D eigenvalue weighted by Crippen LogP contribution is -2.28. The Balaban J connectivity index is 0.717. The highest BCUT2D eigenvalue weighted by Gasteiger charge is 2.46. The molecule has 0 fully saturated rings. The van der Waals surface area contributed by atoms with Crippen LogP contribution in [0.1, 0.15) is 22.3 Å². The van der Waals surface area contributed by atoms with Gasteiger partial charge in [-0.1, -0.05) is 243 Å². The van der Waals surface area contributed by atoms with Crippen molar-refractivity contribution in [1.29, 1.82) is 0 Å². The molecule has 81 heavy (non-hydrogen) atoms. The number of nitrogens with zero attached hydrogens (tertiary/aromatic N) is 2. The van der Waals surface area contributed by atoms with Crippen molar-refractivity contribution in [3.8, 4) is 78.1 Å². The van der Waals surface area contributed by atoms with Crippen LogP contribution in [0.15, 0.2) is 315 Å². The third-order valence-corrected chi connectivity index (χ3v) is 17.2. The fourth-order valence-electron chi connectivity index (χ4n) is 13.5. The molecule has 2 heterocycles. The van der Waals surface area contributed by atoms with Crippen LogP contribution < -0.4 is 0 Å². The summed E-state index contributed by atoms with van der Waals surface area (Å²) in [6.07, 6.45) is 0. The Morgan fingerprint density at radius 2 is 0.506 bits per heavy atom. The number of aromatic nitrogens is 2. The molecule has 0 unspecified atom stereocenters. The van der Waals surface area contributed by atoms with Crippen molar-refractivity contribution in [2.45, 2.75) is 5.41 Å². The summed E-state index contributed by atoms with van der Waals surface area (Å²) < 4.78 is 4.82. The highest BCUT2D eigenvalue weighted by Crippen LogP contribution is 2.57. The van der Waals surface area contributed by atoms with Crippen LogP contribution in [0, 0.1) is 0 Å². The average Bonchev–Trinajstić information content (AvgIpc) is 4.40. The lowest BCUT2D eigenvalue weighted by Gasteiger charge is -2.34. The Morgan fingerprint density at radius 1 is 0.198 bits per heavy atom. The molecule has 2 heteroatoms. The highest BCUT2D eigenvalue weighted by molar-refractivity contribution is 6.13. The lowest BCUT2D eigenvalue weighted by molar-refractivity contribution is 0.769. The quantitative estimate of drug-likeness (QED) is 0.136. The Morgan fingerprint density at radius 3 is 0.963 bits per heavy atom. The number of hydrogen-bond acceptors (Lipinski definition) is 0. The first kappa shape index (κ1) is 46.5. The van der Waals surface area contributed by atoms with Crippen LogP contribution in [0.3, 0.4) is 0 Å². The molecule has 1 aliphatic rings. The first-order valence-electron chi connectivity index (χ1n) is 28.1. The van der Waals surface area contributed by atoms with Crippen molar-refractivity contribution in [3.63, 3.8) is 0 Å². The number of benzene rings is 13. The number of hydrogen-bond donors (Lipinski definition) is 0. The summed E-state index contributed by atoms with van der Waals surface area (Å²) in [6, 6.07) is 117. The maximum absolute atomic E-state index is 2.43. The SMILES string of the molecule is c1ccc(-c2ccc(-n3c4ccccc4c4cc(-c5ccc6c(c5)c5ccccc5n6-c5ccc(-c6ccc(-c7cccc(C8(c9cccc(-c%10ccccc%10)c9)c9ccccc9-c9ccccc98)c7)cc6)cc5)ccc43)cc2)cc1. The molecular formula is C79H52N2. The molecule has 378 valence electrons.